The Kier molecular flexibility index (Phi) is 1.51. The fourth-order valence-corrected chi connectivity index (χ4v) is 1.38. The molecule has 0 aromatic carbocycles. The summed E-state index contributed by atoms with van der Waals surface area (Å²) in [4.78, 5) is 0. The fraction of sp³-hybridized carbons (Fsp3) is 0. The topological polar surface area (TPSA) is 13.1 Å². The van der Waals surface area contributed by atoms with Crippen LogP contribution in [-0.4, -0.2) is 0 Å². The first-order chi connectivity index (χ1) is 5.83. The fourth-order valence-electron chi connectivity index (χ4n) is 1.38. The van der Waals surface area contributed by atoms with Gasteiger partial charge in [-0.3, -0.25) is 0 Å². The van der Waals surface area contributed by atoms with Gasteiger partial charge in [-0.25, -0.2) is 0 Å². The van der Waals surface area contributed by atoms with Gasteiger partial charge in [-0.2, -0.15) is 0 Å². The first kappa shape index (κ1) is 7.17. The van der Waals surface area contributed by atoms with E-state index in [1.54, 1.807) is 12.5 Å². The van der Waals surface area contributed by atoms with Crippen LogP contribution in [0.2, 0.25) is 0 Å². The van der Waals surface area contributed by atoms with Gasteiger partial charge in [-0.1, -0.05) is 18.7 Å². The van der Waals surface area contributed by atoms with Crippen molar-refractivity contribution in [3.05, 3.63) is 49.3 Å². The molecule has 0 saturated carbocycles. The molecule has 0 N–H and O–H groups in total. The molecule has 0 atom stereocenters. The highest BCUT2D eigenvalue weighted by atomic mass is 16.3. The highest BCUT2D eigenvalue weighted by molar-refractivity contribution is 5.80. The van der Waals surface area contributed by atoms with Crippen molar-refractivity contribution in [1.29, 1.82) is 0 Å². The maximum atomic E-state index is 5.07. The van der Waals surface area contributed by atoms with Gasteiger partial charge in [-0.05, 0) is 29.7 Å². The van der Waals surface area contributed by atoms with E-state index in [2.05, 4.69) is 13.5 Å². The minimum atomic E-state index is 1.02. The van der Waals surface area contributed by atoms with Crippen molar-refractivity contribution in [2.45, 2.75) is 0 Å². The van der Waals surface area contributed by atoms with Crippen LogP contribution in [0, 0.1) is 6.92 Å². The Balaban J connectivity index is 2.78. The molecule has 1 nitrogen and oxygen atoms in total. The molecule has 59 valence electrons. The van der Waals surface area contributed by atoms with E-state index in [4.69, 9.17) is 4.42 Å². The first-order valence-electron chi connectivity index (χ1n) is 3.76. The van der Waals surface area contributed by atoms with Crippen LogP contribution in [0.3, 0.4) is 0 Å². The quantitative estimate of drug-likeness (QED) is 0.619. The Morgan fingerprint density at radius 3 is 2.92 bits per heavy atom. The third-order valence-electron chi connectivity index (χ3n) is 2.00. The zero-order chi connectivity index (χ0) is 8.55. The second kappa shape index (κ2) is 2.52. The molecule has 1 heterocycles. The summed E-state index contributed by atoms with van der Waals surface area (Å²) in [5.41, 5.74) is 4.32. The van der Waals surface area contributed by atoms with Crippen LogP contribution in [0.15, 0.2) is 35.7 Å². The number of fused-ring (bicyclic) bond motifs is 1. The Morgan fingerprint density at radius 1 is 1.33 bits per heavy atom. The lowest BCUT2D eigenvalue weighted by Gasteiger charge is -1.98. The molecule has 1 radical (unpaired) electrons. The van der Waals surface area contributed by atoms with Gasteiger partial charge >= 0.3 is 0 Å². The number of hydrogen-bond acceptors (Lipinski definition) is 1. The van der Waals surface area contributed by atoms with Gasteiger partial charge < -0.3 is 4.42 Å². The third-order valence-corrected chi connectivity index (χ3v) is 2.00. The Bertz CT molecular complexity index is 384. The first-order valence-corrected chi connectivity index (χ1v) is 3.76. The summed E-state index contributed by atoms with van der Waals surface area (Å²) in [5, 5.41) is 0. The second-order valence-electron chi connectivity index (χ2n) is 2.71. The van der Waals surface area contributed by atoms with Crippen molar-refractivity contribution < 1.29 is 4.42 Å². The molecule has 0 spiro atoms. The SMILES string of the molecule is [CH2]c1cc(C=C)c2coccc1-2. The maximum absolute atomic E-state index is 5.07. The third kappa shape index (κ3) is 0.866. The van der Waals surface area contributed by atoms with Crippen LogP contribution >= 0.6 is 0 Å². The lowest BCUT2D eigenvalue weighted by Crippen LogP contribution is -1.75. The van der Waals surface area contributed by atoms with Crippen molar-refractivity contribution in [3.63, 3.8) is 0 Å². The lowest BCUT2D eigenvalue weighted by molar-refractivity contribution is 0.552. The average Bonchev–Trinajstić information content (AvgIpc) is 2.44. The molecular formula is C11H9O. The van der Waals surface area contributed by atoms with Crippen molar-refractivity contribution in [2.75, 3.05) is 0 Å². The molecule has 0 saturated heterocycles. The zero-order valence-corrected chi connectivity index (χ0v) is 6.71. The van der Waals surface area contributed by atoms with Gasteiger partial charge in [-0.15, -0.1) is 0 Å². The smallest absolute Gasteiger partial charge is 0.0985 e. The van der Waals surface area contributed by atoms with E-state index in [0.717, 1.165) is 22.3 Å². The van der Waals surface area contributed by atoms with Crippen molar-refractivity contribution in [2.24, 2.45) is 0 Å². The van der Waals surface area contributed by atoms with E-state index in [1.807, 2.05) is 18.2 Å². The largest absolute Gasteiger partial charge is 0.472 e. The molecule has 1 aliphatic heterocycles. The van der Waals surface area contributed by atoms with Crippen LogP contribution in [0.1, 0.15) is 11.1 Å². The predicted molar refractivity (Wildman–Crippen MR) is 49.9 cm³/mol. The van der Waals surface area contributed by atoms with Crippen LogP contribution in [0.4, 0.5) is 0 Å². The van der Waals surface area contributed by atoms with Crippen LogP contribution in [0.5, 0.6) is 0 Å². The van der Waals surface area contributed by atoms with Gasteiger partial charge in [0.1, 0.15) is 0 Å². The molecule has 12 heavy (non-hydrogen) atoms. The van der Waals surface area contributed by atoms with E-state index in [9.17, 15) is 0 Å². The number of rotatable bonds is 1. The molecule has 0 aromatic heterocycles. The Morgan fingerprint density at radius 2 is 2.17 bits per heavy atom. The minimum Gasteiger partial charge on any atom is -0.472 e. The monoisotopic (exact) mass is 157 g/mol. The molecule has 2 rings (SSSR count). The van der Waals surface area contributed by atoms with Crippen LogP contribution in [-0.2, 0) is 0 Å². The van der Waals surface area contributed by atoms with E-state index in [0.29, 0.717) is 0 Å². The molecular weight excluding hydrogens is 148 g/mol. The van der Waals surface area contributed by atoms with E-state index in [-0.39, 0.29) is 0 Å². The second-order valence-corrected chi connectivity index (χ2v) is 2.71. The average molecular weight is 157 g/mol. The summed E-state index contributed by atoms with van der Waals surface area (Å²) in [6, 6.07) is 3.93. The van der Waals surface area contributed by atoms with Gasteiger partial charge in [0.25, 0.3) is 0 Å². The van der Waals surface area contributed by atoms with Crippen molar-refractivity contribution >= 4 is 6.08 Å². The molecule has 0 bridgehead atoms. The Labute approximate surface area is 71.7 Å². The molecule has 0 amide bonds. The van der Waals surface area contributed by atoms with Gasteiger partial charge in [0.2, 0.25) is 0 Å². The predicted octanol–water partition coefficient (Wildman–Crippen LogP) is 3.21. The van der Waals surface area contributed by atoms with Gasteiger partial charge in [0.05, 0.1) is 12.5 Å². The van der Waals surface area contributed by atoms with Crippen molar-refractivity contribution in [1.82, 2.24) is 0 Å². The Hall–Kier alpha value is -1.50. The summed E-state index contributed by atoms with van der Waals surface area (Å²) >= 11 is 0. The van der Waals surface area contributed by atoms with Crippen LogP contribution < -0.4 is 0 Å². The van der Waals surface area contributed by atoms with Crippen LogP contribution in [0.25, 0.3) is 17.2 Å². The highest BCUT2D eigenvalue weighted by Gasteiger charge is 2.10. The maximum Gasteiger partial charge on any atom is 0.0985 e. The molecule has 2 aliphatic rings. The molecule has 0 unspecified atom stereocenters. The summed E-state index contributed by atoms with van der Waals surface area (Å²) in [6.07, 6.45) is 5.19. The van der Waals surface area contributed by atoms with Crippen molar-refractivity contribution in [3.8, 4) is 11.1 Å². The molecule has 0 aromatic rings. The summed E-state index contributed by atoms with van der Waals surface area (Å²) in [6.45, 7) is 7.65. The van der Waals surface area contributed by atoms with E-state index in [1.165, 1.54) is 0 Å². The summed E-state index contributed by atoms with van der Waals surface area (Å²) in [7, 11) is 0. The van der Waals surface area contributed by atoms with E-state index < -0.39 is 0 Å². The standard InChI is InChI=1S/C11H9O/c1-3-9-6-8(2)10-4-5-12-7-11(9)10/h3-7H,1-2H2. The molecule has 1 aliphatic carbocycles. The summed E-state index contributed by atoms with van der Waals surface area (Å²) < 4.78 is 5.07. The number of hydrogen-bond donors (Lipinski definition) is 0. The normalized spacial score (nSPS) is 10.4. The minimum absolute atomic E-state index is 1.02. The zero-order valence-electron chi connectivity index (χ0n) is 6.71. The molecule has 0 fully saturated rings. The lowest BCUT2D eigenvalue weighted by atomic mass is 10.1. The molecule has 1 heteroatoms. The highest BCUT2D eigenvalue weighted by Crippen LogP contribution is 2.32. The van der Waals surface area contributed by atoms with Gasteiger partial charge in [0.15, 0.2) is 0 Å². The van der Waals surface area contributed by atoms with E-state index >= 15 is 0 Å². The van der Waals surface area contributed by atoms with Gasteiger partial charge in [0, 0.05) is 5.56 Å². The summed E-state index contributed by atoms with van der Waals surface area (Å²) in [5.74, 6) is 0.